The van der Waals surface area contributed by atoms with Crippen molar-refractivity contribution in [2.75, 3.05) is 16.0 Å². The number of hydrogen-bond acceptors (Lipinski definition) is 3. The summed E-state index contributed by atoms with van der Waals surface area (Å²) in [7, 11) is 0. The van der Waals surface area contributed by atoms with E-state index < -0.39 is 20.2 Å². The van der Waals surface area contributed by atoms with E-state index in [0.717, 1.165) is 0 Å². The molecule has 0 heterocycles. The molecule has 0 atom stereocenters. The van der Waals surface area contributed by atoms with Gasteiger partial charge in [0.25, 0.3) is 0 Å². The number of carbonyl (C=O) groups excluding carboxylic acids is 3. The molecular weight excluding hydrogens is 608 g/mol. The van der Waals surface area contributed by atoms with Crippen LogP contribution in [0.5, 0.6) is 0 Å². The fraction of sp³-hybridized carbons (Fsp3) is 0. The Kier molecular flexibility index (Phi) is 11.7. The molecule has 0 aliphatic carbocycles. The van der Waals surface area contributed by atoms with Gasteiger partial charge in [-0.15, -0.1) is 0 Å². The Morgan fingerprint density at radius 1 is 0.475 bits per heavy atom. The Bertz CT molecular complexity index is 1270. The molecule has 40 heavy (non-hydrogen) atoms. The fourth-order valence-corrected chi connectivity index (χ4v) is 9.93. The normalized spacial score (nSPS) is 11.0. The molecule has 3 rings (SSSR count). The third kappa shape index (κ3) is 9.26. The van der Waals surface area contributed by atoms with Gasteiger partial charge in [-0.1, -0.05) is 0 Å². The SMILES string of the molecule is C=CC=CC(=O)Nc1cc[c]([Sb]([c]2ccc(NC(=O)C=CC=C)cc2)[c]2ccc(NC(=O)C=CC=C)cc2)cc1. The Morgan fingerprint density at radius 2 is 0.725 bits per heavy atom. The number of amides is 3. The van der Waals surface area contributed by atoms with Crippen LogP contribution >= 0.6 is 0 Å². The number of benzene rings is 3. The van der Waals surface area contributed by atoms with Crippen molar-refractivity contribution in [3.63, 3.8) is 0 Å². The molecule has 200 valence electrons. The van der Waals surface area contributed by atoms with Crippen molar-refractivity contribution in [2.24, 2.45) is 0 Å². The number of anilines is 3. The van der Waals surface area contributed by atoms with Crippen LogP contribution < -0.4 is 26.5 Å². The third-order valence-corrected chi connectivity index (χ3v) is 12.3. The number of rotatable bonds is 12. The average molecular weight is 638 g/mol. The van der Waals surface area contributed by atoms with Crippen molar-refractivity contribution in [3.05, 3.63) is 147 Å². The molecule has 0 unspecified atom stereocenters. The van der Waals surface area contributed by atoms with Crippen molar-refractivity contribution < 1.29 is 14.4 Å². The molecule has 0 saturated heterocycles. The molecule has 3 aromatic rings. The van der Waals surface area contributed by atoms with Gasteiger partial charge in [0.1, 0.15) is 0 Å². The average Bonchev–Trinajstić information content (AvgIpc) is 2.96. The molecule has 0 radical (unpaired) electrons. The van der Waals surface area contributed by atoms with E-state index in [2.05, 4.69) is 35.7 Å². The van der Waals surface area contributed by atoms with Gasteiger partial charge in [0, 0.05) is 0 Å². The van der Waals surface area contributed by atoms with Crippen molar-refractivity contribution in [1.82, 2.24) is 0 Å². The zero-order valence-corrected chi connectivity index (χ0v) is 24.5. The molecule has 0 aromatic heterocycles. The Labute approximate surface area is 242 Å². The zero-order chi connectivity index (χ0) is 28.7. The molecule has 3 N–H and O–H groups in total. The van der Waals surface area contributed by atoms with Gasteiger partial charge >= 0.3 is 243 Å². The van der Waals surface area contributed by atoms with Crippen LogP contribution in [0.1, 0.15) is 0 Å². The van der Waals surface area contributed by atoms with Crippen LogP contribution in [0.2, 0.25) is 0 Å². The minimum absolute atomic E-state index is 0.230. The van der Waals surface area contributed by atoms with Crippen LogP contribution in [-0.4, -0.2) is 37.9 Å². The maximum atomic E-state index is 12.1. The van der Waals surface area contributed by atoms with Gasteiger partial charge in [-0.05, 0) is 0 Å². The first-order chi connectivity index (χ1) is 19.4. The van der Waals surface area contributed by atoms with E-state index in [1.54, 1.807) is 36.5 Å². The van der Waals surface area contributed by atoms with Crippen LogP contribution in [0.25, 0.3) is 0 Å². The quantitative estimate of drug-likeness (QED) is 0.158. The molecule has 0 aliphatic heterocycles. The summed E-state index contributed by atoms with van der Waals surface area (Å²) in [6, 6.07) is 23.6. The monoisotopic (exact) mass is 637 g/mol. The summed E-state index contributed by atoms with van der Waals surface area (Å²) in [4.78, 5) is 36.2. The summed E-state index contributed by atoms with van der Waals surface area (Å²) >= 11 is -2.53. The summed E-state index contributed by atoms with van der Waals surface area (Å²) in [6.45, 7) is 10.7. The van der Waals surface area contributed by atoms with E-state index in [9.17, 15) is 14.4 Å². The zero-order valence-electron chi connectivity index (χ0n) is 21.9. The number of allylic oxidation sites excluding steroid dienone is 6. The van der Waals surface area contributed by atoms with Crippen LogP contribution in [0.15, 0.2) is 147 Å². The second-order valence-electron chi connectivity index (χ2n) is 8.23. The molecule has 0 fully saturated rings. The van der Waals surface area contributed by atoms with Crippen molar-refractivity contribution >= 4 is 65.5 Å². The summed E-state index contributed by atoms with van der Waals surface area (Å²) in [5, 5.41) is 8.54. The Hall–Kier alpha value is -4.67. The van der Waals surface area contributed by atoms with Gasteiger partial charge in [0.2, 0.25) is 0 Å². The summed E-state index contributed by atoms with van der Waals surface area (Å²) in [6.07, 6.45) is 13.6. The Balaban J connectivity index is 1.91. The molecule has 3 aromatic carbocycles. The number of hydrogen-bond donors (Lipinski definition) is 3. The van der Waals surface area contributed by atoms with Crippen LogP contribution in [0.4, 0.5) is 17.1 Å². The van der Waals surface area contributed by atoms with E-state index in [-0.39, 0.29) is 17.7 Å². The topological polar surface area (TPSA) is 87.3 Å². The molecule has 0 saturated carbocycles. The van der Waals surface area contributed by atoms with Crippen molar-refractivity contribution in [3.8, 4) is 0 Å². The van der Waals surface area contributed by atoms with E-state index in [4.69, 9.17) is 0 Å². The molecule has 0 bridgehead atoms. The van der Waals surface area contributed by atoms with Crippen LogP contribution in [0.3, 0.4) is 0 Å². The first kappa shape index (κ1) is 29.9. The Morgan fingerprint density at radius 3 is 0.950 bits per heavy atom. The second-order valence-corrected chi connectivity index (χ2v) is 14.6. The van der Waals surface area contributed by atoms with Gasteiger partial charge in [0.15, 0.2) is 0 Å². The van der Waals surface area contributed by atoms with Crippen LogP contribution in [0, 0.1) is 0 Å². The maximum absolute atomic E-state index is 12.1. The van der Waals surface area contributed by atoms with E-state index in [1.807, 2.05) is 72.8 Å². The summed E-state index contributed by atoms with van der Waals surface area (Å²) < 4.78 is 3.54. The standard InChI is InChI=1S/3C11H10NO.Sb/c3*1-2-3-9-11(13)12-10-7-5-4-6-8-10;/h3*2-3,5-9H,1H2,(H,12,13);. The molecule has 3 amide bonds. The number of nitrogens with one attached hydrogen (secondary N) is 3. The predicted molar refractivity (Wildman–Crippen MR) is 168 cm³/mol. The number of carbonyl (C=O) groups is 3. The summed E-state index contributed by atoms with van der Waals surface area (Å²) in [5.41, 5.74) is 2.08. The van der Waals surface area contributed by atoms with Gasteiger partial charge in [0.05, 0.1) is 0 Å². The van der Waals surface area contributed by atoms with E-state index in [0.29, 0.717) is 17.1 Å². The van der Waals surface area contributed by atoms with Gasteiger partial charge in [-0.3, -0.25) is 0 Å². The molecular formula is C33H30N3O3Sb. The van der Waals surface area contributed by atoms with Gasteiger partial charge in [-0.25, -0.2) is 0 Å². The fourth-order valence-electron chi connectivity index (χ4n) is 3.55. The minimum atomic E-state index is -2.53. The first-order valence-electron chi connectivity index (χ1n) is 12.3. The predicted octanol–water partition coefficient (Wildman–Crippen LogP) is 4.24. The first-order valence-corrected chi connectivity index (χ1v) is 16.2. The van der Waals surface area contributed by atoms with Gasteiger partial charge in [-0.2, -0.15) is 0 Å². The molecule has 6 nitrogen and oxygen atoms in total. The third-order valence-electron chi connectivity index (χ3n) is 5.33. The van der Waals surface area contributed by atoms with Crippen LogP contribution in [-0.2, 0) is 14.4 Å². The molecule has 7 heteroatoms. The molecule has 0 aliphatic rings. The van der Waals surface area contributed by atoms with E-state index in [1.165, 1.54) is 28.8 Å². The van der Waals surface area contributed by atoms with Crippen molar-refractivity contribution in [1.29, 1.82) is 0 Å². The van der Waals surface area contributed by atoms with Gasteiger partial charge < -0.3 is 0 Å². The molecule has 0 spiro atoms. The summed E-state index contributed by atoms with van der Waals surface area (Å²) in [5.74, 6) is -0.690. The van der Waals surface area contributed by atoms with E-state index >= 15 is 0 Å². The second kappa shape index (κ2) is 15.7. The van der Waals surface area contributed by atoms with Crippen molar-refractivity contribution in [2.45, 2.75) is 0 Å².